The Morgan fingerprint density at radius 2 is 1.82 bits per heavy atom. The van der Waals surface area contributed by atoms with E-state index >= 15 is 0 Å². The van der Waals surface area contributed by atoms with Crippen LogP contribution >= 0.6 is 11.6 Å². The maximum Gasteiger partial charge on any atom is 0.343 e. The first kappa shape index (κ1) is 14.4. The van der Waals surface area contributed by atoms with Gasteiger partial charge in [0.2, 0.25) is 0 Å². The highest BCUT2D eigenvalue weighted by atomic mass is 35.5. The van der Waals surface area contributed by atoms with E-state index in [9.17, 15) is 4.79 Å². The molecule has 3 aromatic rings. The van der Waals surface area contributed by atoms with Crippen LogP contribution in [0.15, 0.2) is 57.7 Å². The summed E-state index contributed by atoms with van der Waals surface area (Å²) in [5, 5.41) is 1.52. The van der Waals surface area contributed by atoms with Crippen molar-refractivity contribution in [3.05, 3.63) is 75.1 Å². The van der Waals surface area contributed by atoms with Crippen LogP contribution in [0.2, 0.25) is 5.02 Å². The van der Waals surface area contributed by atoms with Gasteiger partial charge in [-0.25, -0.2) is 4.79 Å². The smallest absolute Gasteiger partial charge is 0.343 e. The molecule has 110 valence electrons. The number of hydrogen-bond acceptors (Lipinski definition) is 3. The third-order valence-corrected chi connectivity index (χ3v) is 3.55. The van der Waals surface area contributed by atoms with Gasteiger partial charge in [0.05, 0.1) is 12.7 Å². The molecule has 0 aliphatic carbocycles. The van der Waals surface area contributed by atoms with Gasteiger partial charge in [-0.1, -0.05) is 29.8 Å². The van der Waals surface area contributed by atoms with Crippen molar-refractivity contribution < 1.29 is 9.15 Å². The summed E-state index contributed by atoms with van der Waals surface area (Å²) in [4.78, 5) is 12.0. The summed E-state index contributed by atoms with van der Waals surface area (Å²) in [5.74, 6) is 0.653. The summed E-state index contributed by atoms with van der Waals surface area (Å²) in [6.07, 6.45) is 3.58. The van der Waals surface area contributed by atoms with Gasteiger partial charge in [0.15, 0.2) is 0 Å². The molecular formula is C18H13ClO3. The first-order chi connectivity index (χ1) is 10.7. The largest absolute Gasteiger partial charge is 0.497 e. The highest BCUT2D eigenvalue weighted by Gasteiger charge is 2.04. The predicted octanol–water partition coefficient (Wildman–Crippen LogP) is 4.63. The van der Waals surface area contributed by atoms with Crippen LogP contribution in [-0.4, -0.2) is 7.11 Å². The molecule has 0 radical (unpaired) electrons. The molecule has 0 unspecified atom stereocenters. The van der Waals surface area contributed by atoms with Crippen LogP contribution in [0.3, 0.4) is 0 Å². The van der Waals surface area contributed by atoms with Gasteiger partial charge in [0.1, 0.15) is 11.3 Å². The first-order valence-corrected chi connectivity index (χ1v) is 7.09. The topological polar surface area (TPSA) is 39.4 Å². The van der Waals surface area contributed by atoms with E-state index in [1.54, 1.807) is 37.5 Å². The van der Waals surface area contributed by atoms with Gasteiger partial charge in [0.25, 0.3) is 0 Å². The molecule has 0 spiro atoms. The minimum atomic E-state index is -0.383. The van der Waals surface area contributed by atoms with Gasteiger partial charge in [-0.2, -0.15) is 0 Å². The fourth-order valence-corrected chi connectivity index (χ4v) is 2.24. The molecule has 0 saturated heterocycles. The molecule has 0 fully saturated rings. The van der Waals surface area contributed by atoms with Crippen molar-refractivity contribution in [1.82, 2.24) is 0 Å². The van der Waals surface area contributed by atoms with Crippen LogP contribution in [0.4, 0.5) is 0 Å². The zero-order valence-electron chi connectivity index (χ0n) is 11.9. The average Bonchev–Trinajstić information content (AvgIpc) is 2.54. The van der Waals surface area contributed by atoms with E-state index in [2.05, 4.69) is 0 Å². The Labute approximate surface area is 132 Å². The second kappa shape index (κ2) is 6.08. The summed E-state index contributed by atoms with van der Waals surface area (Å²) < 4.78 is 10.5. The molecule has 0 bridgehead atoms. The Morgan fingerprint density at radius 3 is 2.55 bits per heavy atom. The van der Waals surface area contributed by atoms with Crippen LogP contribution < -0.4 is 10.4 Å². The predicted molar refractivity (Wildman–Crippen MR) is 89.4 cm³/mol. The van der Waals surface area contributed by atoms with E-state index in [1.165, 1.54) is 0 Å². The molecule has 3 nitrogen and oxygen atoms in total. The molecule has 22 heavy (non-hydrogen) atoms. The van der Waals surface area contributed by atoms with Crippen molar-refractivity contribution in [1.29, 1.82) is 0 Å². The minimum absolute atomic E-state index is 0.383. The number of benzene rings is 2. The molecule has 0 atom stereocenters. The van der Waals surface area contributed by atoms with Gasteiger partial charge in [-0.3, -0.25) is 0 Å². The van der Waals surface area contributed by atoms with Crippen molar-refractivity contribution in [3.8, 4) is 5.75 Å². The standard InChI is InChI=1S/C18H13ClO3/c1-21-16-9-6-13-10-14(18(20)22-17(13)11-16)5-2-12-3-7-15(19)8-4-12/h2-11H,1H3/b5-2+. The molecule has 2 aromatic carbocycles. The molecule has 0 aliphatic heterocycles. The lowest BCUT2D eigenvalue weighted by Gasteiger charge is -2.02. The van der Waals surface area contributed by atoms with Crippen molar-refractivity contribution in [2.75, 3.05) is 7.11 Å². The molecule has 1 aromatic heterocycles. The maximum absolute atomic E-state index is 12.0. The highest BCUT2D eigenvalue weighted by molar-refractivity contribution is 6.30. The van der Waals surface area contributed by atoms with Gasteiger partial charge < -0.3 is 9.15 Å². The van der Waals surface area contributed by atoms with Crippen molar-refractivity contribution >= 4 is 34.7 Å². The second-order valence-corrected chi connectivity index (χ2v) is 5.21. The van der Waals surface area contributed by atoms with E-state index in [1.807, 2.05) is 30.3 Å². The first-order valence-electron chi connectivity index (χ1n) is 6.71. The number of hydrogen-bond donors (Lipinski definition) is 0. The number of fused-ring (bicyclic) bond motifs is 1. The van der Waals surface area contributed by atoms with Crippen molar-refractivity contribution in [2.45, 2.75) is 0 Å². The van der Waals surface area contributed by atoms with E-state index in [0.717, 1.165) is 10.9 Å². The Kier molecular flexibility index (Phi) is 3.98. The quantitative estimate of drug-likeness (QED) is 0.662. The molecule has 1 heterocycles. The van der Waals surface area contributed by atoms with Gasteiger partial charge >= 0.3 is 5.63 Å². The normalized spacial score (nSPS) is 11.2. The Bertz CT molecular complexity index is 892. The number of ether oxygens (including phenoxy) is 1. The van der Waals surface area contributed by atoms with Crippen LogP contribution in [0.25, 0.3) is 23.1 Å². The number of methoxy groups -OCH3 is 1. The monoisotopic (exact) mass is 312 g/mol. The summed E-state index contributed by atoms with van der Waals surface area (Å²) >= 11 is 5.84. The molecule has 4 heteroatoms. The lowest BCUT2D eigenvalue weighted by molar-refractivity contribution is 0.414. The molecule has 0 N–H and O–H groups in total. The summed E-state index contributed by atoms with van der Waals surface area (Å²) in [5.41, 5.74) is 1.57. The van der Waals surface area contributed by atoms with E-state index in [-0.39, 0.29) is 5.63 Å². The van der Waals surface area contributed by atoms with E-state index in [4.69, 9.17) is 20.8 Å². The van der Waals surface area contributed by atoms with Gasteiger partial charge in [-0.15, -0.1) is 0 Å². The molecule has 0 aliphatic rings. The maximum atomic E-state index is 12.0. The SMILES string of the molecule is COc1ccc2cc(/C=C/c3ccc(Cl)cc3)c(=O)oc2c1. The third-order valence-electron chi connectivity index (χ3n) is 3.30. The molecular weight excluding hydrogens is 300 g/mol. The summed E-state index contributed by atoms with van der Waals surface area (Å²) in [7, 11) is 1.57. The van der Waals surface area contributed by atoms with Crippen LogP contribution in [0, 0.1) is 0 Å². The van der Waals surface area contributed by atoms with Gasteiger partial charge in [0, 0.05) is 16.5 Å². The molecule has 3 rings (SSSR count). The second-order valence-electron chi connectivity index (χ2n) is 4.78. The molecule has 0 saturated carbocycles. The summed E-state index contributed by atoms with van der Waals surface area (Å²) in [6, 6.07) is 14.5. The van der Waals surface area contributed by atoms with Crippen LogP contribution in [-0.2, 0) is 0 Å². The van der Waals surface area contributed by atoms with Gasteiger partial charge in [-0.05, 0) is 42.0 Å². The molecule has 0 amide bonds. The van der Waals surface area contributed by atoms with Crippen molar-refractivity contribution in [3.63, 3.8) is 0 Å². The number of halogens is 1. The summed E-state index contributed by atoms with van der Waals surface area (Å²) in [6.45, 7) is 0. The number of rotatable bonds is 3. The lowest BCUT2D eigenvalue weighted by atomic mass is 10.1. The third kappa shape index (κ3) is 3.05. The van der Waals surface area contributed by atoms with E-state index < -0.39 is 0 Å². The zero-order valence-corrected chi connectivity index (χ0v) is 12.6. The Hall–Kier alpha value is -2.52. The van der Waals surface area contributed by atoms with Crippen LogP contribution in [0.1, 0.15) is 11.1 Å². The fourth-order valence-electron chi connectivity index (χ4n) is 2.11. The highest BCUT2D eigenvalue weighted by Crippen LogP contribution is 2.21. The van der Waals surface area contributed by atoms with E-state index in [0.29, 0.717) is 21.9 Å². The Balaban J connectivity index is 1.98. The van der Waals surface area contributed by atoms with Crippen LogP contribution in [0.5, 0.6) is 5.75 Å². The van der Waals surface area contributed by atoms with Crippen molar-refractivity contribution in [2.24, 2.45) is 0 Å². The zero-order chi connectivity index (χ0) is 15.5. The average molecular weight is 313 g/mol. The minimum Gasteiger partial charge on any atom is -0.497 e. The lowest BCUT2D eigenvalue weighted by Crippen LogP contribution is -2.02. The fraction of sp³-hybridized carbons (Fsp3) is 0.0556. The Morgan fingerprint density at radius 1 is 1.05 bits per heavy atom.